The normalized spacial score (nSPS) is 19.9. The molecule has 0 fully saturated rings. The molecule has 0 unspecified atom stereocenters. The summed E-state index contributed by atoms with van der Waals surface area (Å²) in [6.07, 6.45) is 1.62. The molecule has 1 aliphatic rings. The van der Waals surface area contributed by atoms with Crippen LogP contribution < -0.4 is 20.3 Å². The van der Waals surface area contributed by atoms with Gasteiger partial charge in [0.15, 0.2) is 0 Å². The van der Waals surface area contributed by atoms with E-state index in [0.29, 0.717) is 23.2 Å². The van der Waals surface area contributed by atoms with Gasteiger partial charge in [0.05, 0.1) is 23.6 Å². The zero-order chi connectivity index (χ0) is 25.3. The van der Waals surface area contributed by atoms with E-state index in [1.54, 1.807) is 23.8 Å². The molecule has 0 radical (unpaired) electrons. The van der Waals surface area contributed by atoms with Crippen LogP contribution in [0.2, 0.25) is 0 Å². The Hall–Kier alpha value is -3.54. The van der Waals surface area contributed by atoms with E-state index < -0.39 is 34.3 Å². The van der Waals surface area contributed by atoms with Gasteiger partial charge < -0.3 is 25.3 Å². The molecule has 2 heterocycles. The van der Waals surface area contributed by atoms with Gasteiger partial charge in [-0.3, -0.25) is 0 Å². The number of aliphatic hydroxyl groups excluding tert-OH is 2. The molecule has 4 rings (SSSR count). The summed E-state index contributed by atoms with van der Waals surface area (Å²) >= 11 is 0. The number of hydrogen-bond acceptors (Lipinski definition) is 8. The van der Waals surface area contributed by atoms with Gasteiger partial charge in [-0.05, 0) is 24.6 Å². The summed E-state index contributed by atoms with van der Waals surface area (Å²) in [4.78, 5) is 8.25. The molecular weight excluding hydrogens is 479 g/mol. The van der Waals surface area contributed by atoms with E-state index >= 15 is 0 Å². The number of nitrogens with two attached hydrogens (primary N) is 2. The Labute approximate surface area is 200 Å². The predicted molar refractivity (Wildman–Crippen MR) is 126 cm³/mol. The molecule has 0 amide bonds. The SMILES string of the molecule is CCOc1cccc(F)c1C#Cc1cn([C@@H]2C=C(CNS(N)(=O)=O)[C@@H](O)[C@H]2O)c2ncnc(N)c12. The molecule has 0 bridgehead atoms. The van der Waals surface area contributed by atoms with E-state index in [0.717, 1.165) is 0 Å². The van der Waals surface area contributed by atoms with Gasteiger partial charge >= 0.3 is 0 Å². The number of aliphatic hydroxyl groups is 2. The summed E-state index contributed by atoms with van der Waals surface area (Å²) in [5, 5.41) is 26.4. The van der Waals surface area contributed by atoms with Gasteiger partial charge in [-0.25, -0.2) is 19.5 Å². The number of hydrogen-bond donors (Lipinski definition) is 5. The van der Waals surface area contributed by atoms with Crippen LogP contribution in [-0.4, -0.2) is 58.5 Å². The van der Waals surface area contributed by atoms with Gasteiger partial charge in [-0.2, -0.15) is 13.1 Å². The minimum absolute atomic E-state index is 0.0678. The van der Waals surface area contributed by atoms with Crippen molar-refractivity contribution in [1.82, 2.24) is 19.3 Å². The lowest BCUT2D eigenvalue weighted by Crippen LogP contribution is -2.36. The summed E-state index contributed by atoms with van der Waals surface area (Å²) in [7, 11) is -4.00. The zero-order valence-corrected chi connectivity index (χ0v) is 19.3. The zero-order valence-electron chi connectivity index (χ0n) is 18.5. The number of aromatic nitrogens is 3. The second-order valence-electron chi connectivity index (χ2n) is 7.74. The predicted octanol–water partition coefficient (Wildman–Crippen LogP) is -0.0529. The van der Waals surface area contributed by atoms with Gasteiger partial charge in [0.2, 0.25) is 0 Å². The molecule has 1 aromatic carbocycles. The molecule has 2 aromatic heterocycles. The molecule has 13 heteroatoms. The van der Waals surface area contributed by atoms with Crippen molar-refractivity contribution in [1.29, 1.82) is 0 Å². The van der Waals surface area contributed by atoms with E-state index in [9.17, 15) is 23.0 Å². The van der Waals surface area contributed by atoms with E-state index in [-0.39, 0.29) is 29.2 Å². The second-order valence-corrected chi connectivity index (χ2v) is 9.12. The standard InChI is InChI=1S/C22H23FN6O5S/c1-2-34-17-5-3-4-15(23)14(17)7-6-12-10-29(22-18(12)21(24)26-11-27-22)16-8-13(19(30)20(16)31)9-28-35(25,32)33/h3-5,8,10-11,16,19-20,28,30-31H,2,9H2,1H3,(H2,24,26,27)(H2,25,32,33)/t16-,19-,20+/m1/s1. The van der Waals surface area contributed by atoms with Crippen molar-refractivity contribution in [3.63, 3.8) is 0 Å². The van der Waals surface area contributed by atoms with Gasteiger partial charge in [-0.1, -0.05) is 24.0 Å². The highest BCUT2D eigenvalue weighted by Gasteiger charge is 2.37. The van der Waals surface area contributed by atoms with Crippen LogP contribution in [0.25, 0.3) is 11.0 Å². The van der Waals surface area contributed by atoms with Crippen LogP contribution in [-0.2, 0) is 10.2 Å². The Morgan fingerprint density at radius 2 is 2.06 bits per heavy atom. The molecule has 0 saturated heterocycles. The van der Waals surface area contributed by atoms with Gasteiger partial charge in [0.1, 0.15) is 47.1 Å². The third-order valence-electron chi connectivity index (χ3n) is 5.47. The highest BCUT2D eigenvalue weighted by atomic mass is 32.2. The summed E-state index contributed by atoms with van der Waals surface area (Å²) in [6.45, 7) is 1.81. The summed E-state index contributed by atoms with van der Waals surface area (Å²) in [5.74, 6) is 5.52. The maximum absolute atomic E-state index is 14.5. The topological polar surface area (TPSA) is 179 Å². The number of nitrogens with one attached hydrogen (secondary N) is 1. The summed E-state index contributed by atoms with van der Waals surface area (Å²) < 4.78 is 46.0. The van der Waals surface area contributed by atoms with Gasteiger partial charge in [0, 0.05) is 12.7 Å². The average Bonchev–Trinajstić information content (AvgIpc) is 3.30. The lowest BCUT2D eigenvalue weighted by atomic mass is 10.1. The summed E-state index contributed by atoms with van der Waals surface area (Å²) in [5.41, 5.74) is 7.04. The minimum atomic E-state index is -4.00. The number of halogens is 1. The number of nitrogen functional groups attached to an aromatic ring is 1. The van der Waals surface area contributed by atoms with Crippen molar-refractivity contribution in [2.45, 2.75) is 25.2 Å². The third-order valence-corrected chi connectivity index (χ3v) is 6.02. The second kappa shape index (κ2) is 9.61. The van der Waals surface area contributed by atoms with E-state index in [4.69, 9.17) is 15.6 Å². The fraction of sp³-hybridized carbons (Fsp3) is 0.273. The van der Waals surface area contributed by atoms with Crippen molar-refractivity contribution >= 4 is 27.1 Å². The van der Waals surface area contributed by atoms with Crippen LogP contribution in [0.1, 0.15) is 24.1 Å². The molecule has 1 aliphatic carbocycles. The lowest BCUT2D eigenvalue weighted by Gasteiger charge is -2.19. The number of ether oxygens (including phenoxy) is 1. The Bertz CT molecular complexity index is 1480. The molecule has 7 N–H and O–H groups in total. The summed E-state index contributed by atoms with van der Waals surface area (Å²) in [6, 6.07) is 3.56. The molecule has 3 aromatic rings. The monoisotopic (exact) mass is 502 g/mol. The molecule has 184 valence electrons. The molecular formula is C22H23FN6O5S. The molecule has 0 saturated carbocycles. The van der Waals surface area contributed by atoms with Crippen LogP contribution in [0.4, 0.5) is 10.2 Å². The van der Waals surface area contributed by atoms with E-state index in [2.05, 4.69) is 26.5 Å². The maximum atomic E-state index is 14.5. The number of anilines is 1. The lowest BCUT2D eigenvalue weighted by molar-refractivity contribution is 0.0323. The largest absolute Gasteiger partial charge is 0.492 e. The maximum Gasteiger partial charge on any atom is 0.274 e. The first kappa shape index (κ1) is 24.6. The molecule has 3 atom stereocenters. The van der Waals surface area contributed by atoms with Crippen LogP contribution in [0.3, 0.4) is 0 Å². The van der Waals surface area contributed by atoms with Crippen molar-refractivity contribution in [3.8, 4) is 17.6 Å². The van der Waals surface area contributed by atoms with Gasteiger partial charge in [-0.15, -0.1) is 0 Å². The highest BCUT2D eigenvalue weighted by Crippen LogP contribution is 2.34. The van der Waals surface area contributed by atoms with Crippen molar-refractivity contribution in [2.75, 3.05) is 18.9 Å². The number of benzene rings is 1. The molecule has 35 heavy (non-hydrogen) atoms. The fourth-order valence-corrected chi connectivity index (χ4v) is 4.24. The van der Waals surface area contributed by atoms with Crippen LogP contribution >= 0.6 is 0 Å². The first-order valence-electron chi connectivity index (χ1n) is 10.5. The van der Waals surface area contributed by atoms with Crippen LogP contribution in [0.15, 0.2) is 42.4 Å². The van der Waals surface area contributed by atoms with Crippen LogP contribution in [0.5, 0.6) is 5.75 Å². The Morgan fingerprint density at radius 1 is 1.29 bits per heavy atom. The minimum Gasteiger partial charge on any atom is -0.492 e. The Kier molecular flexibility index (Phi) is 6.75. The van der Waals surface area contributed by atoms with E-state index in [1.807, 2.05) is 0 Å². The molecule has 11 nitrogen and oxygen atoms in total. The Morgan fingerprint density at radius 3 is 2.77 bits per heavy atom. The van der Waals surface area contributed by atoms with Crippen molar-refractivity contribution in [2.24, 2.45) is 5.14 Å². The number of fused-ring (bicyclic) bond motifs is 1. The third kappa shape index (κ3) is 4.97. The quantitative estimate of drug-likeness (QED) is 0.230. The molecule has 0 spiro atoms. The first-order chi connectivity index (χ1) is 16.6. The number of nitrogens with zero attached hydrogens (tertiary/aromatic N) is 3. The first-order valence-corrected chi connectivity index (χ1v) is 12.0. The average molecular weight is 503 g/mol. The van der Waals surface area contributed by atoms with E-state index in [1.165, 1.54) is 24.5 Å². The van der Waals surface area contributed by atoms with Crippen LogP contribution in [0, 0.1) is 17.7 Å². The smallest absolute Gasteiger partial charge is 0.274 e. The van der Waals surface area contributed by atoms with Crippen molar-refractivity contribution in [3.05, 3.63) is 59.3 Å². The Balaban J connectivity index is 1.80. The van der Waals surface area contributed by atoms with Gasteiger partial charge in [0.25, 0.3) is 10.2 Å². The molecule has 0 aliphatic heterocycles. The number of rotatable bonds is 6. The highest BCUT2D eigenvalue weighted by molar-refractivity contribution is 7.87. The fourth-order valence-electron chi connectivity index (χ4n) is 3.88. The van der Waals surface area contributed by atoms with Crippen molar-refractivity contribution < 1.29 is 27.8 Å².